The zero-order chi connectivity index (χ0) is 18.4. The number of anilines is 1. The molecule has 2 aromatic rings. The summed E-state index contributed by atoms with van der Waals surface area (Å²) in [6.45, 7) is 3.98. The van der Waals surface area contributed by atoms with E-state index in [0.29, 0.717) is 11.9 Å². The third-order valence-electron chi connectivity index (χ3n) is 4.65. The topological polar surface area (TPSA) is 56.7 Å². The Bertz CT molecular complexity index is 757. The minimum atomic E-state index is 0.0754. The van der Waals surface area contributed by atoms with Crippen LogP contribution in [0.4, 0.5) is 5.69 Å². The first-order valence-electron chi connectivity index (χ1n) is 9.05. The lowest BCUT2D eigenvalue weighted by Crippen LogP contribution is -2.46. The quantitative estimate of drug-likeness (QED) is 0.628. The van der Waals surface area contributed by atoms with Gasteiger partial charge in [-0.2, -0.15) is 0 Å². The van der Waals surface area contributed by atoms with Crippen LogP contribution in [0.25, 0.3) is 0 Å². The number of nitrogens with one attached hydrogen (secondary N) is 2. The van der Waals surface area contributed by atoms with Gasteiger partial charge < -0.3 is 15.5 Å². The zero-order valence-electron chi connectivity index (χ0n) is 15.4. The predicted octanol–water partition coefficient (Wildman–Crippen LogP) is 3.00. The number of amides is 1. The number of hydrogen-bond acceptors (Lipinski definition) is 3. The van der Waals surface area contributed by atoms with Crippen LogP contribution in [0.5, 0.6) is 0 Å². The molecule has 1 aromatic carbocycles. The molecule has 0 fully saturated rings. The smallest absolute Gasteiger partial charge is 0.246 e. The molecule has 5 nitrogen and oxygen atoms in total. The molecule has 26 heavy (non-hydrogen) atoms. The van der Waals surface area contributed by atoms with Crippen molar-refractivity contribution in [3.05, 3.63) is 52.2 Å². The summed E-state index contributed by atoms with van der Waals surface area (Å²) in [6.07, 6.45) is 2.05. The van der Waals surface area contributed by atoms with Gasteiger partial charge in [-0.25, -0.2) is 0 Å². The second-order valence-electron chi connectivity index (χ2n) is 6.50. The van der Waals surface area contributed by atoms with E-state index in [1.807, 2.05) is 23.1 Å². The van der Waals surface area contributed by atoms with Crippen molar-refractivity contribution in [2.24, 2.45) is 4.99 Å². The van der Waals surface area contributed by atoms with Crippen LogP contribution in [0.15, 0.2) is 46.8 Å². The van der Waals surface area contributed by atoms with Gasteiger partial charge in [-0.15, -0.1) is 11.3 Å². The highest BCUT2D eigenvalue weighted by molar-refractivity contribution is 7.10. The van der Waals surface area contributed by atoms with E-state index < -0.39 is 0 Å². The number of aryl methyl sites for hydroxylation is 1. The van der Waals surface area contributed by atoms with Crippen molar-refractivity contribution < 1.29 is 4.79 Å². The van der Waals surface area contributed by atoms with E-state index in [9.17, 15) is 4.79 Å². The maximum Gasteiger partial charge on any atom is 0.246 e. The molecule has 1 unspecified atom stereocenters. The van der Waals surface area contributed by atoms with E-state index in [2.05, 4.69) is 46.1 Å². The van der Waals surface area contributed by atoms with Crippen LogP contribution in [0.1, 0.15) is 29.7 Å². The van der Waals surface area contributed by atoms with Crippen LogP contribution in [-0.2, 0) is 11.2 Å². The number of carbonyl (C=O) groups excluding carboxylic acids is 1. The molecule has 1 aliphatic heterocycles. The average Bonchev–Trinajstić information content (AvgIpc) is 3.22. The predicted molar refractivity (Wildman–Crippen MR) is 109 cm³/mol. The summed E-state index contributed by atoms with van der Waals surface area (Å²) in [5.74, 6) is 1.14. The van der Waals surface area contributed by atoms with Gasteiger partial charge in [0.25, 0.3) is 0 Å². The Morgan fingerprint density at radius 1 is 1.27 bits per heavy atom. The number of hydrogen-bond donors (Lipinski definition) is 2. The minimum absolute atomic E-state index is 0.0754. The van der Waals surface area contributed by atoms with Crippen LogP contribution in [0, 0.1) is 0 Å². The summed E-state index contributed by atoms with van der Waals surface area (Å²) in [6, 6.07) is 12.4. The molecule has 2 N–H and O–H groups in total. The van der Waals surface area contributed by atoms with Gasteiger partial charge in [-0.3, -0.25) is 9.79 Å². The first-order valence-corrected chi connectivity index (χ1v) is 9.93. The molecule has 1 amide bonds. The van der Waals surface area contributed by atoms with Gasteiger partial charge in [0.05, 0.1) is 6.54 Å². The zero-order valence-corrected chi connectivity index (χ0v) is 16.2. The normalized spacial score (nSPS) is 15.3. The van der Waals surface area contributed by atoms with E-state index >= 15 is 0 Å². The van der Waals surface area contributed by atoms with Gasteiger partial charge in [0.15, 0.2) is 5.96 Å². The van der Waals surface area contributed by atoms with Crippen molar-refractivity contribution in [2.75, 3.05) is 31.6 Å². The molecule has 2 heterocycles. The third-order valence-corrected chi connectivity index (χ3v) is 5.75. The molecule has 0 aliphatic carbocycles. The molecule has 3 rings (SSSR count). The molecule has 0 radical (unpaired) electrons. The largest absolute Gasteiger partial charge is 0.356 e. The monoisotopic (exact) mass is 370 g/mol. The van der Waals surface area contributed by atoms with Crippen molar-refractivity contribution in [1.82, 2.24) is 10.6 Å². The van der Waals surface area contributed by atoms with Crippen LogP contribution < -0.4 is 15.5 Å². The average molecular weight is 371 g/mol. The van der Waals surface area contributed by atoms with Crippen molar-refractivity contribution in [1.29, 1.82) is 0 Å². The number of fused-ring (bicyclic) bond motifs is 1. The fourth-order valence-electron chi connectivity index (χ4n) is 3.19. The number of carbonyl (C=O) groups is 1. The number of para-hydroxylation sites is 1. The maximum atomic E-state index is 12.7. The Hall–Kier alpha value is -2.34. The molecule has 0 bridgehead atoms. The minimum Gasteiger partial charge on any atom is -0.356 e. The van der Waals surface area contributed by atoms with Gasteiger partial charge in [-0.1, -0.05) is 31.2 Å². The Morgan fingerprint density at radius 3 is 2.88 bits per heavy atom. The van der Waals surface area contributed by atoms with Crippen molar-refractivity contribution in [3.8, 4) is 0 Å². The summed E-state index contributed by atoms with van der Waals surface area (Å²) in [7, 11) is 1.73. The summed E-state index contributed by atoms with van der Waals surface area (Å²) >= 11 is 1.76. The summed E-state index contributed by atoms with van der Waals surface area (Å²) < 4.78 is 0. The van der Waals surface area contributed by atoms with E-state index in [4.69, 9.17) is 0 Å². The molecular weight excluding hydrogens is 344 g/mol. The van der Waals surface area contributed by atoms with E-state index in [-0.39, 0.29) is 12.5 Å². The van der Waals surface area contributed by atoms with E-state index in [1.165, 1.54) is 10.4 Å². The second kappa shape index (κ2) is 8.85. The Labute approximate surface area is 159 Å². The number of rotatable bonds is 5. The van der Waals surface area contributed by atoms with Crippen LogP contribution >= 0.6 is 11.3 Å². The highest BCUT2D eigenvalue weighted by Crippen LogP contribution is 2.26. The molecular formula is C20H26N4OS. The first kappa shape index (κ1) is 18.5. The molecule has 0 saturated heterocycles. The highest BCUT2D eigenvalue weighted by atomic mass is 32.1. The third kappa shape index (κ3) is 4.43. The van der Waals surface area contributed by atoms with Crippen molar-refractivity contribution in [3.63, 3.8) is 0 Å². The lowest BCUT2D eigenvalue weighted by atomic mass is 10.0. The Balaban J connectivity index is 1.52. The number of aliphatic imine (C=N–C) groups is 1. The SMILES string of the molecule is CN=C(NCC(=O)N1CCCc2ccccc21)NCC(C)c1cccs1. The van der Waals surface area contributed by atoms with Gasteiger partial charge in [0.2, 0.25) is 5.91 Å². The van der Waals surface area contributed by atoms with Gasteiger partial charge in [0, 0.05) is 36.6 Å². The van der Waals surface area contributed by atoms with Crippen molar-refractivity contribution >= 4 is 28.9 Å². The first-order chi connectivity index (χ1) is 12.7. The Kier molecular flexibility index (Phi) is 6.28. The van der Waals surface area contributed by atoms with E-state index in [0.717, 1.165) is 31.6 Å². The van der Waals surface area contributed by atoms with Crippen LogP contribution in [-0.4, -0.2) is 38.5 Å². The van der Waals surface area contributed by atoms with Gasteiger partial charge in [-0.05, 0) is 35.9 Å². The van der Waals surface area contributed by atoms with Gasteiger partial charge in [0.1, 0.15) is 0 Å². The molecule has 6 heteroatoms. The molecule has 138 valence electrons. The lowest BCUT2D eigenvalue weighted by molar-refractivity contribution is -0.117. The fourth-order valence-corrected chi connectivity index (χ4v) is 3.98. The lowest BCUT2D eigenvalue weighted by Gasteiger charge is -2.29. The number of thiophene rings is 1. The molecule has 0 saturated carbocycles. The van der Waals surface area contributed by atoms with E-state index in [1.54, 1.807) is 18.4 Å². The van der Waals surface area contributed by atoms with Crippen LogP contribution in [0.3, 0.4) is 0 Å². The Morgan fingerprint density at radius 2 is 2.12 bits per heavy atom. The summed E-state index contributed by atoms with van der Waals surface area (Å²) in [5.41, 5.74) is 2.29. The summed E-state index contributed by atoms with van der Waals surface area (Å²) in [5, 5.41) is 8.55. The summed E-state index contributed by atoms with van der Waals surface area (Å²) in [4.78, 5) is 20.1. The van der Waals surface area contributed by atoms with Crippen molar-refractivity contribution in [2.45, 2.75) is 25.7 Å². The molecule has 1 aromatic heterocycles. The second-order valence-corrected chi connectivity index (χ2v) is 7.48. The highest BCUT2D eigenvalue weighted by Gasteiger charge is 2.22. The number of guanidine groups is 1. The molecule has 0 spiro atoms. The standard InChI is InChI=1S/C20H26N4OS/c1-15(18-10-6-12-26-18)13-22-20(21-2)23-14-19(25)24-11-5-8-16-7-3-4-9-17(16)24/h3-4,6-7,9-10,12,15H,5,8,11,13-14H2,1-2H3,(H2,21,22,23). The number of nitrogens with zero attached hydrogens (tertiary/aromatic N) is 2. The fraction of sp³-hybridized carbons (Fsp3) is 0.400. The maximum absolute atomic E-state index is 12.7. The number of benzene rings is 1. The molecule has 1 aliphatic rings. The van der Waals surface area contributed by atoms with Crippen LogP contribution in [0.2, 0.25) is 0 Å². The van der Waals surface area contributed by atoms with Gasteiger partial charge >= 0.3 is 0 Å². The molecule has 1 atom stereocenters.